The second kappa shape index (κ2) is 8.15. The fourth-order valence-electron chi connectivity index (χ4n) is 2.35. The molecule has 0 aliphatic heterocycles. The third kappa shape index (κ3) is 5.25. The molecule has 2 aromatic carbocycles. The van der Waals surface area contributed by atoms with Gasteiger partial charge in [-0.25, -0.2) is 8.78 Å². The molecule has 0 fully saturated rings. The van der Waals surface area contributed by atoms with Crippen molar-refractivity contribution >= 4 is 23.2 Å². The first kappa shape index (κ1) is 20.3. The van der Waals surface area contributed by atoms with Crippen molar-refractivity contribution in [2.75, 3.05) is 16.8 Å². The number of hydrogen-bond acceptors (Lipinski definition) is 2. The minimum atomic E-state index is -4.59. The fourth-order valence-corrected chi connectivity index (χ4v) is 2.35. The van der Waals surface area contributed by atoms with Gasteiger partial charge in [0, 0.05) is 25.6 Å². The van der Waals surface area contributed by atoms with Gasteiger partial charge in [-0.3, -0.25) is 9.59 Å². The van der Waals surface area contributed by atoms with Gasteiger partial charge in [0.2, 0.25) is 11.8 Å². The molecular weight excluding hydrogens is 371 g/mol. The van der Waals surface area contributed by atoms with Gasteiger partial charge < -0.3 is 10.2 Å². The molecule has 0 unspecified atom stereocenters. The van der Waals surface area contributed by atoms with Crippen LogP contribution in [0.5, 0.6) is 0 Å². The maximum Gasteiger partial charge on any atom is 0.416 e. The molecule has 0 atom stereocenters. The Kier molecular flexibility index (Phi) is 6.14. The number of carbonyl (C=O) groups is 2. The zero-order valence-electron chi connectivity index (χ0n) is 14.1. The third-order valence-corrected chi connectivity index (χ3v) is 3.65. The maximum absolute atomic E-state index is 13.5. The van der Waals surface area contributed by atoms with Crippen LogP contribution in [0, 0.1) is 11.6 Å². The Hall–Kier alpha value is -2.97. The van der Waals surface area contributed by atoms with E-state index < -0.39 is 40.9 Å². The SMILES string of the molecule is CC(=O)N(CCC(=O)Nc1c(F)cccc1F)c1cccc(C(F)(F)F)c1. The number of hydrogen-bond donors (Lipinski definition) is 1. The van der Waals surface area contributed by atoms with Gasteiger partial charge in [0.1, 0.15) is 17.3 Å². The van der Waals surface area contributed by atoms with Crippen molar-refractivity contribution < 1.29 is 31.5 Å². The number of para-hydroxylation sites is 1. The lowest BCUT2D eigenvalue weighted by molar-refractivity contribution is -0.137. The van der Waals surface area contributed by atoms with E-state index in [1.165, 1.54) is 6.07 Å². The minimum Gasteiger partial charge on any atom is -0.321 e. The van der Waals surface area contributed by atoms with Crippen molar-refractivity contribution in [2.24, 2.45) is 0 Å². The van der Waals surface area contributed by atoms with Gasteiger partial charge in [0.15, 0.2) is 0 Å². The minimum absolute atomic E-state index is 0.0396. The van der Waals surface area contributed by atoms with Crippen LogP contribution in [0.2, 0.25) is 0 Å². The first-order valence-corrected chi connectivity index (χ1v) is 7.79. The normalized spacial score (nSPS) is 11.2. The summed E-state index contributed by atoms with van der Waals surface area (Å²) in [6.45, 7) is 0.868. The number of nitrogens with zero attached hydrogens (tertiary/aromatic N) is 1. The number of amides is 2. The summed E-state index contributed by atoms with van der Waals surface area (Å²) < 4.78 is 65.5. The Labute approximate surface area is 151 Å². The van der Waals surface area contributed by atoms with Crippen LogP contribution in [-0.4, -0.2) is 18.4 Å². The summed E-state index contributed by atoms with van der Waals surface area (Å²) in [5.74, 6) is -3.31. The summed E-state index contributed by atoms with van der Waals surface area (Å²) in [6, 6.07) is 7.14. The lowest BCUT2D eigenvalue weighted by atomic mass is 10.1. The van der Waals surface area contributed by atoms with E-state index in [1.54, 1.807) is 0 Å². The molecule has 2 rings (SSSR count). The Morgan fingerprint density at radius 1 is 1.04 bits per heavy atom. The summed E-state index contributed by atoms with van der Waals surface area (Å²) in [4.78, 5) is 24.7. The van der Waals surface area contributed by atoms with Crippen molar-refractivity contribution in [1.29, 1.82) is 0 Å². The average Bonchev–Trinajstić information content (AvgIpc) is 2.58. The molecule has 0 saturated heterocycles. The molecule has 4 nitrogen and oxygen atoms in total. The maximum atomic E-state index is 13.5. The topological polar surface area (TPSA) is 49.4 Å². The number of nitrogens with one attached hydrogen (secondary N) is 1. The standard InChI is InChI=1S/C18H15F5N2O2/c1-11(26)25(13-5-2-4-12(10-13)18(21,22)23)9-8-16(27)24-17-14(19)6-3-7-15(17)20/h2-7,10H,8-9H2,1H3,(H,24,27). The summed E-state index contributed by atoms with van der Waals surface area (Å²) in [7, 11) is 0. The van der Waals surface area contributed by atoms with Crippen molar-refractivity contribution in [1.82, 2.24) is 0 Å². The second-order valence-electron chi connectivity index (χ2n) is 5.61. The first-order valence-electron chi connectivity index (χ1n) is 7.79. The van der Waals surface area contributed by atoms with Gasteiger partial charge in [-0.15, -0.1) is 0 Å². The van der Waals surface area contributed by atoms with Crippen LogP contribution < -0.4 is 10.2 Å². The van der Waals surface area contributed by atoms with Gasteiger partial charge in [0.25, 0.3) is 0 Å². The van der Waals surface area contributed by atoms with Crippen LogP contribution in [0.1, 0.15) is 18.9 Å². The lowest BCUT2D eigenvalue weighted by Gasteiger charge is -2.22. The number of carbonyl (C=O) groups excluding carboxylic acids is 2. The molecule has 0 radical (unpaired) electrons. The summed E-state index contributed by atoms with van der Waals surface area (Å²) in [6.07, 6.45) is -4.96. The number of alkyl halides is 3. The highest BCUT2D eigenvalue weighted by atomic mass is 19.4. The molecule has 0 heterocycles. The van der Waals surface area contributed by atoms with Crippen molar-refractivity contribution in [3.63, 3.8) is 0 Å². The van der Waals surface area contributed by atoms with Crippen molar-refractivity contribution in [3.8, 4) is 0 Å². The molecule has 0 aromatic heterocycles. The predicted octanol–water partition coefficient (Wildman–Crippen LogP) is 4.37. The Morgan fingerprint density at radius 2 is 1.63 bits per heavy atom. The van der Waals surface area contributed by atoms with E-state index in [2.05, 4.69) is 5.32 Å². The van der Waals surface area contributed by atoms with Crippen molar-refractivity contribution in [3.05, 3.63) is 59.7 Å². The number of anilines is 2. The summed E-state index contributed by atoms with van der Waals surface area (Å²) >= 11 is 0. The monoisotopic (exact) mass is 386 g/mol. The number of benzene rings is 2. The van der Waals surface area contributed by atoms with Gasteiger partial charge in [-0.2, -0.15) is 13.2 Å². The van der Waals surface area contributed by atoms with Crippen LogP contribution in [0.15, 0.2) is 42.5 Å². The molecule has 0 saturated carbocycles. The Bertz CT molecular complexity index is 832. The molecule has 9 heteroatoms. The van der Waals surface area contributed by atoms with E-state index in [0.717, 1.165) is 48.2 Å². The zero-order valence-corrected chi connectivity index (χ0v) is 14.1. The smallest absolute Gasteiger partial charge is 0.321 e. The fraction of sp³-hybridized carbons (Fsp3) is 0.222. The molecule has 0 aliphatic carbocycles. The Morgan fingerprint density at radius 3 is 2.19 bits per heavy atom. The molecular formula is C18H15F5N2O2. The molecule has 0 spiro atoms. The zero-order chi connectivity index (χ0) is 20.2. The molecule has 2 amide bonds. The highest BCUT2D eigenvalue weighted by molar-refractivity contribution is 5.95. The van der Waals surface area contributed by atoms with Gasteiger partial charge >= 0.3 is 6.18 Å². The van der Waals surface area contributed by atoms with E-state index in [4.69, 9.17) is 0 Å². The van der Waals surface area contributed by atoms with Crippen LogP contribution in [0.25, 0.3) is 0 Å². The van der Waals surface area contributed by atoms with E-state index in [-0.39, 0.29) is 18.7 Å². The summed E-state index contributed by atoms with van der Waals surface area (Å²) in [5, 5.41) is 2.05. The number of rotatable bonds is 5. The van der Waals surface area contributed by atoms with Crippen LogP contribution in [-0.2, 0) is 15.8 Å². The Balaban J connectivity index is 2.11. The van der Waals surface area contributed by atoms with E-state index in [1.807, 2.05) is 0 Å². The molecule has 0 bridgehead atoms. The van der Waals surface area contributed by atoms with Crippen LogP contribution >= 0.6 is 0 Å². The highest BCUT2D eigenvalue weighted by Gasteiger charge is 2.31. The van der Waals surface area contributed by atoms with Gasteiger partial charge in [-0.05, 0) is 30.3 Å². The molecule has 27 heavy (non-hydrogen) atoms. The number of halogens is 5. The molecule has 144 valence electrons. The van der Waals surface area contributed by atoms with Gasteiger partial charge in [-0.1, -0.05) is 12.1 Å². The quantitative estimate of drug-likeness (QED) is 0.776. The third-order valence-electron chi connectivity index (χ3n) is 3.65. The lowest BCUT2D eigenvalue weighted by Crippen LogP contribution is -2.32. The average molecular weight is 386 g/mol. The van der Waals surface area contributed by atoms with E-state index >= 15 is 0 Å². The van der Waals surface area contributed by atoms with Crippen LogP contribution in [0.4, 0.5) is 33.3 Å². The van der Waals surface area contributed by atoms with Crippen molar-refractivity contribution in [2.45, 2.75) is 19.5 Å². The molecule has 1 N–H and O–H groups in total. The second-order valence-corrected chi connectivity index (χ2v) is 5.61. The first-order chi connectivity index (χ1) is 12.6. The highest BCUT2D eigenvalue weighted by Crippen LogP contribution is 2.31. The largest absolute Gasteiger partial charge is 0.416 e. The predicted molar refractivity (Wildman–Crippen MR) is 89.1 cm³/mol. The van der Waals surface area contributed by atoms with Crippen LogP contribution in [0.3, 0.4) is 0 Å². The summed E-state index contributed by atoms with van der Waals surface area (Å²) in [5.41, 5.74) is -1.61. The van der Waals surface area contributed by atoms with E-state index in [0.29, 0.717) is 0 Å². The van der Waals surface area contributed by atoms with Gasteiger partial charge in [0.05, 0.1) is 5.56 Å². The van der Waals surface area contributed by atoms with E-state index in [9.17, 15) is 31.5 Å². The molecule has 2 aromatic rings. The molecule has 0 aliphatic rings.